The van der Waals surface area contributed by atoms with Crippen molar-refractivity contribution in [1.29, 1.82) is 0 Å². The lowest BCUT2D eigenvalue weighted by atomic mass is 10.2. The minimum absolute atomic E-state index is 0.171. The molecule has 10 nitrogen and oxygen atoms in total. The van der Waals surface area contributed by atoms with E-state index in [9.17, 15) is 9.59 Å². The Morgan fingerprint density at radius 1 is 0.765 bits per heavy atom. The zero-order chi connectivity index (χ0) is 23.6. The number of rotatable bonds is 11. The van der Waals surface area contributed by atoms with Crippen molar-refractivity contribution in [2.75, 3.05) is 16.4 Å². The molecule has 4 heterocycles. The molecule has 0 unspecified atom stereocenters. The molecule has 0 aliphatic rings. The van der Waals surface area contributed by atoms with E-state index < -0.39 is 0 Å². The molecule has 4 aromatic rings. The van der Waals surface area contributed by atoms with Gasteiger partial charge in [-0.1, -0.05) is 34.8 Å². The Morgan fingerprint density at radius 2 is 1.32 bits per heavy atom. The van der Waals surface area contributed by atoms with Crippen LogP contribution in [-0.2, 0) is 34.6 Å². The molecule has 0 spiro atoms. The van der Waals surface area contributed by atoms with E-state index in [2.05, 4.69) is 41.0 Å². The molecule has 4 rings (SSSR count). The second-order valence-electron chi connectivity index (χ2n) is 6.90. The molecule has 0 saturated heterocycles. The van der Waals surface area contributed by atoms with Crippen LogP contribution in [0.15, 0.2) is 48.8 Å². The zero-order valence-electron chi connectivity index (χ0n) is 17.9. The molecule has 0 bridgehead atoms. The molecule has 0 atom stereocenters. The molecule has 2 amide bonds. The second-order valence-corrected chi connectivity index (χ2v) is 10.1. The van der Waals surface area contributed by atoms with Crippen LogP contribution >= 0.6 is 34.4 Å². The Bertz CT molecular complexity index is 1120. The fraction of sp³-hybridized carbons (Fsp3) is 0.238. The summed E-state index contributed by atoms with van der Waals surface area (Å²) < 4.78 is 0. The summed E-state index contributed by atoms with van der Waals surface area (Å²) >= 11 is 4.41. The number of anilines is 2. The predicted octanol–water partition coefficient (Wildman–Crippen LogP) is 3.02. The molecule has 4 aromatic heterocycles. The number of nitrogens with zero attached hydrogens (tertiary/aromatic N) is 6. The maximum atomic E-state index is 12.1. The van der Waals surface area contributed by atoms with E-state index >= 15 is 0 Å². The molecule has 0 aromatic carbocycles. The Morgan fingerprint density at radius 3 is 1.88 bits per heavy atom. The SMILES string of the molecule is O=C(Cc1ccccn1)Nc1nnc(CCSCc2nnc(NC(=O)Cc3ccccn3)s2)s1. The van der Waals surface area contributed by atoms with Crippen molar-refractivity contribution in [2.24, 2.45) is 0 Å². The van der Waals surface area contributed by atoms with Crippen LogP contribution in [0.5, 0.6) is 0 Å². The van der Waals surface area contributed by atoms with Gasteiger partial charge in [0, 0.05) is 41.7 Å². The first-order chi connectivity index (χ1) is 16.6. The van der Waals surface area contributed by atoms with Crippen LogP contribution < -0.4 is 10.6 Å². The van der Waals surface area contributed by atoms with E-state index in [1.807, 2.05) is 24.3 Å². The van der Waals surface area contributed by atoms with Gasteiger partial charge < -0.3 is 10.6 Å². The van der Waals surface area contributed by atoms with Crippen molar-refractivity contribution < 1.29 is 9.59 Å². The maximum absolute atomic E-state index is 12.1. The molecule has 0 aliphatic carbocycles. The molecule has 0 radical (unpaired) electrons. The highest BCUT2D eigenvalue weighted by Crippen LogP contribution is 2.22. The summed E-state index contributed by atoms with van der Waals surface area (Å²) in [6, 6.07) is 10.9. The first-order valence-electron chi connectivity index (χ1n) is 10.3. The van der Waals surface area contributed by atoms with Crippen molar-refractivity contribution in [3.63, 3.8) is 0 Å². The van der Waals surface area contributed by atoms with Gasteiger partial charge >= 0.3 is 0 Å². The summed E-state index contributed by atoms with van der Waals surface area (Å²) in [6.45, 7) is 0. The van der Waals surface area contributed by atoms with E-state index in [0.29, 0.717) is 27.4 Å². The number of amides is 2. The molecule has 0 saturated carbocycles. The maximum Gasteiger partial charge on any atom is 0.232 e. The molecule has 0 fully saturated rings. The van der Waals surface area contributed by atoms with Gasteiger partial charge in [0.25, 0.3) is 0 Å². The normalized spacial score (nSPS) is 10.7. The topological polar surface area (TPSA) is 136 Å². The van der Waals surface area contributed by atoms with Gasteiger partial charge in [0.1, 0.15) is 10.0 Å². The fourth-order valence-electron chi connectivity index (χ4n) is 2.75. The summed E-state index contributed by atoms with van der Waals surface area (Å²) in [4.78, 5) is 32.5. The van der Waals surface area contributed by atoms with Gasteiger partial charge in [0.2, 0.25) is 22.1 Å². The highest BCUT2D eigenvalue weighted by atomic mass is 32.2. The summed E-state index contributed by atoms with van der Waals surface area (Å²) in [6.07, 6.45) is 4.43. The lowest BCUT2D eigenvalue weighted by molar-refractivity contribution is -0.116. The lowest BCUT2D eigenvalue weighted by Crippen LogP contribution is -2.14. The van der Waals surface area contributed by atoms with Crippen molar-refractivity contribution in [2.45, 2.75) is 25.0 Å². The highest BCUT2D eigenvalue weighted by Gasteiger charge is 2.11. The number of carbonyl (C=O) groups is 2. The van der Waals surface area contributed by atoms with Crippen LogP contribution in [0.3, 0.4) is 0 Å². The van der Waals surface area contributed by atoms with Crippen LogP contribution in [-0.4, -0.2) is 47.9 Å². The van der Waals surface area contributed by atoms with Crippen LogP contribution in [0.1, 0.15) is 21.4 Å². The minimum atomic E-state index is -0.173. The standard InChI is InChI=1S/C21H20N8O2S3/c30-16(11-14-5-1-3-8-22-14)24-20-28-26-18(33-20)7-10-32-13-19-27-29-21(34-19)25-17(31)12-15-6-2-4-9-23-15/h1-6,8-9H,7,10-13H2,(H,24,28,30)(H,25,29,31). The quantitative estimate of drug-likeness (QED) is 0.291. The first kappa shape index (κ1) is 23.9. The number of hydrogen-bond acceptors (Lipinski definition) is 11. The van der Waals surface area contributed by atoms with Gasteiger partial charge in [0.05, 0.1) is 12.8 Å². The summed E-state index contributed by atoms with van der Waals surface area (Å²) in [5.74, 6) is 1.15. The minimum Gasteiger partial charge on any atom is -0.300 e. The smallest absolute Gasteiger partial charge is 0.232 e. The van der Waals surface area contributed by atoms with Gasteiger partial charge in [-0.2, -0.15) is 11.8 Å². The van der Waals surface area contributed by atoms with Gasteiger partial charge in [-0.15, -0.1) is 20.4 Å². The van der Waals surface area contributed by atoms with Crippen LogP contribution in [0.25, 0.3) is 0 Å². The van der Waals surface area contributed by atoms with Gasteiger partial charge in [-0.25, -0.2) is 0 Å². The Balaban J connectivity index is 1.15. The van der Waals surface area contributed by atoms with Crippen LogP contribution in [0.2, 0.25) is 0 Å². The third-order valence-electron chi connectivity index (χ3n) is 4.25. The number of thioether (sulfide) groups is 1. The largest absolute Gasteiger partial charge is 0.300 e. The van der Waals surface area contributed by atoms with Gasteiger partial charge in [-0.05, 0) is 24.3 Å². The average Bonchev–Trinajstić information content (AvgIpc) is 3.47. The van der Waals surface area contributed by atoms with E-state index in [4.69, 9.17) is 0 Å². The molecule has 174 valence electrons. The first-order valence-corrected chi connectivity index (χ1v) is 13.0. The number of nitrogens with one attached hydrogen (secondary N) is 2. The zero-order valence-corrected chi connectivity index (χ0v) is 20.3. The summed E-state index contributed by atoms with van der Waals surface area (Å²) in [7, 11) is 0. The second kappa shape index (κ2) is 12.3. The van der Waals surface area contributed by atoms with E-state index in [1.54, 1.807) is 36.3 Å². The fourth-order valence-corrected chi connectivity index (χ4v) is 5.38. The van der Waals surface area contributed by atoms with Gasteiger partial charge in [-0.3, -0.25) is 19.6 Å². The predicted molar refractivity (Wildman–Crippen MR) is 133 cm³/mol. The summed E-state index contributed by atoms with van der Waals surface area (Å²) in [5, 5.41) is 24.5. The van der Waals surface area contributed by atoms with E-state index in [-0.39, 0.29) is 24.7 Å². The van der Waals surface area contributed by atoms with Crippen LogP contribution in [0.4, 0.5) is 10.3 Å². The average molecular weight is 513 g/mol. The van der Waals surface area contributed by atoms with Crippen molar-refractivity contribution >= 4 is 56.5 Å². The molecular weight excluding hydrogens is 492 g/mol. The third kappa shape index (κ3) is 7.64. The number of pyridine rings is 2. The number of hydrogen-bond donors (Lipinski definition) is 2. The Hall–Kier alpha value is -3.29. The third-order valence-corrected chi connectivity index (χ3v) is 7.14. The summed E-state index contributed by atoms with van der Waals surface area (Å²) in [5.41, 5.74) is 1.40. The number of aryl methyl sites for hydroxylation is 1. The van der Waals surface area contributed by atoms with Crippen LogP contribution in [0, 0.1) is 0 Å². The van der Waals surface area contributed by atoms with Crippen molar-refractivity contribution in [3.05, 3.63) is 70.2 Å². The Labute approximate surface area is 207 Å². The van der Waals surface area contributed by atoms with E-state index in [1.165, 1.54) is 22.7 Å². The molecule has 34 heavy (non-hydrogen) atoms. The number of aromatic nitrogens is 6. The highest BCUT2D eigenvalue weighted by molar-refractivity contribution is 7.98. The lowest BCUT2D eigenvalue weighted by Gasteiger charge is -2.00. The molecule has 0 aliphatic heterocycles. The molecular formula is C21H20N8O2S3. The Kier molecular flexibility index (Phi) is 8.60. The molecule has 13 heteroatoms. The monoisotopic (exact) mass is 512 g/mol. The van der Waals surface area contributed by atoms with Gasteiger partial charge in [0.15, 0.2) is 0 Å². The van der Waals surface area contributed by atoms with E-state index in [0.717, 1.165) is 22.2 Å². The van der Waals surface area contributed by atoms with Crippen molar-refractivity contribution in [1.82, 2.24) is 30.4 Å². The number of carbonyl (C=O) groups excluding carboxylic acids is 2. The van der Waals surface area contributed by atoms with Crippen molar-refractivity contribution in [3.8, 4) is 0 Å². The molecule has 2 N–H and O–H groups in total.